The molecule has 0 radical (unpaired) electrons. The number of nitrogens with one attached hydrogen (secondary N) is 2. The van der Waals surface area contributed by atoms with E-state index in [1.54, 1.807) is 11.3 Å². The molecule has 18 heavy (non-hydrogen) atoms. The summed E-state index contributed by atoms with van der Waals surface area (Å²) in [7, 11) is 1.44. The molecule has 100 valence electrons. The Labute approximate surface area is 112 Å². The monoisotopic (exact) mass is 268 g/mol. The smallest absolute Gasteiger partial charge is 0.307 e. The molecule has 0 aliphatic carbocycles. The van der Waals surface area contributed by atoms with Gasteiger partial charge in [0.25, 0.3) is 0 Å². The maximum absolute atomic E-state index is 11.5. The lowest BCUT2D eigenvalue weighted by atomic mass is 10.0. The Bertz CT molecular complexity index is 361. The van der Waals surface area contributed by atoms with Crippen LogP contribution in [0.3, 0.4) is 0 Å². The molecule has 2 heterocycles. The first-order valence-electron chi connectivity index (χ1n) is 6.36. The van der Waals surface area contributed by atoms with Gasteiger partial charge in [0.15, 0.2) is 0 Å². The van der Waals surface area contributed by atoms with E-state index in [0.717, 1.165) is 25.9 Å². The van der Waals surface area contributed by atoms with Crippen LogP contribution in [0.15, 0.2) is 17.5 Å². The summed E-state index contributed by atoms with van der Waals surface area (Å²) >= 11 is 1.69. The first-order valence-corrected chi connectivity index (χ1v) is 7.24. The summed E-state index contributed by atoms with van der Waals surface area (Å²) < 4.78 is 4.78. The number of thiophene rings is 1. The van der Waals surface area contributed by atoms with E-state index in [1.165, 1.54) is 12.0 Å². The third kappa shape index (κ3) is 3.80. The fourth-order valence-corrected chi connectivity index (χ4v) is 3.04. The lowest BCUT2D eigenvalue weighted by molar-refractivity contribution is -0.141. The lowest BCUT2D eigenvalue weighted by Gasteiger charge is -2.28. The van der Waals surface area contributed by atoms with Crippen molar-refractivity contribution >= 4 is 17.3 Å². The van der Waals surface area contributed by atoms with E-state index in [9.17, 15) is 4.79 Å². The largest absolute Gasteiger partial charge is 0.469 e. The third-order valence-electron chi connectivity index (χ3n) is 3.26. The van der Waals surface area contributed by atoms with Crippen LogP contribution >= 0.6 is 11.3 Å². The summed E-state index contributed by atoms with van der Waals surface area (Å²) in [6.45, 7) is 2.10. The Kier molecular flexibility index (Phi) is 5.16. The molecule has 2 rings (SSSR count). The fraction of sp³-hybridized carbons (Fsp3) is 0.615. The van der Waals surface area contributed by atoms with E-state index < -0.39 is 0 Å². The molecule has 1 aliphatic heterocycles. The second-order valence-electron chi connectivity index (χ2n) is 4.54. The number of carbonyl (C=O) groups excluding carboxylic acids is 1. The van der Waals surface area contributed by atoms with Crippen molar-refractivity contribution in [2.24, 2.45) is 0 Å². The zero-order chi connectivity index (χ0) is 12.8. The minimum absolute atomic E-state index is 0.0838. The molecule has 1 unspecified atom stereocenters. The standard InChI is InChI=1S/C13H20N2O2S/c1-17-13(16)9-11(12-3-2-8-18-12)15-10-4-6-14-7-5-10/h2-3,8,10-11,14-15H,4-7,9H2,1H3. The molecule has 1 saturated heterocycles. The molecule has 0 aromatic carbocycles. The van der Waals surface area contributed by atoms with Crippen LogP contribution in [0.25, 0.3) is 0 Å². The highest BCUT2D eigenvalue weighted by atomic mass is 32.1. The van der Waals surface area contributed by atoms with E-state index in [2.05, 4.69) is 16.7 Å². The predicted molar refractivity (Wildman–Crippen MR) is 72.7 cm³/mol. The molecule has 1 aromatic heterocycles. The van der Waals surface area contributed by atoms with Crippen LogP contribution in [0.1, 0.15) is 30.2 Å². The van der Waals surface area contributed by atoms with Crippen LogP contribution in [0.2, 0.25) is 0 Å². The SMILES string of the molecule is COC(=O)CC(NC1CCNCC1)c1cccs1. The fourth-order valence-electron chi connectivity index (χ4n) is 2.25. The molecule has 5 heteroatoms. The number of ether oxygens (including phenoxy) is 1. The van der Waals surface area contributed by atoms with Crippen LogP contribution in [-0.2, 0) is 9.53 Å². The third-order valence-corrected chi connectivity index (χ3v) is 4.25. The zero-order valence-electron chi connectivity index (χ0n) is 10.6. The Hall–Kier alpha value is -0.910. The summed E-state index contributed by atoms with van der Waals surface area (Å²) in [5.74, 6) is -0.158. The molecule has 0 bridgehead atoms. The quantitative estimate of drug-likeness (QED) is 0.798. The van der Waals surface area contributed by atoms with Crippen molar-refractivity contribution in [3.05, 3.63) is 22.4 Å². The van der Waals surface area contributed by atoms with Crippen molar-refractivity contribution in [3.63, 3.8) is 0 Å². The van der Waals surface area contributed by atoms with Gasteiger partial charge in [-0.15, -0.1) is 11.3 Å². The van der Waals surface area contributed by atoms with Crippen molar-refractivity contribution in [2.45, 2.75) is 31.3 Å². The maximum Gasteiger partial charge on any atom is 0.307 e. The molecular formula is C13H20N2O2S. The number of carbonyl (C=O) groups is 1. The predicted octanol–water partition coefficient (Wildman–Crippen LogP) is 1.69. The van der Waals surface area contributed by atoms with Gasteiger partial charge in [0.2, 0.25) is 0 Å². The second kappa shape index (κ2) is 6.87. The van der Waals surface area contributed by atoms with Crippen molar-refractivity contribution in [1.82, 2.24) is 10.6 Å². The van der Waals surface area contributed by atoms with Crippen LogP contribution in [0.5, 0.6) is 0 Å². The van der Waals surface area contributed by atoms with Gasteiger partial charge >= 0.3 is 5.97 Å². The molecule has 1 aliphatic rings. The van der Waals surface area contributed by atoms with Crippen LogP contribution < -0.4 is 10.6 Å². The first-order chi connectivity index (χ1) is 8.79. The van der Waals surface area contributed by atoms with Crippen molar-refractivity contribution in [3.8, 4) is 0 Å². The van der Waals surface area contributed by atoms with E-state index in [4.69, 9.17) is 4.74 Å². The second-order valence-corrected chi connectivity index (χ2v) is 5.52. The van der Waals surface area contributed by atoms with Crippen molar-refractivity contribution in [1.29, 1.82) is 0 Å². The summed E-state index contributed by atoms with van der Waals surface area (Å²) in [5.41, 5.74) is 0. The van der Waals surface area contributed by atoms with Gasteiger partial charge in [0.1, 0.15) is 0 Å². The van der Waals surface area contributed by atoms with Gasteiger partial charge in [-0.3, -0.25) is 4.79 Å². The highest BCUT2D eigenvalue weighted by Gasteiger charge is 2.22. The molecule has 0 saturated carbocycles. The molecule has 1 aromatic rings. The van der Waals surface area contributed by atoms with E-state index in [-0.39, 0.29) is 12.0 Å². The van der Waals surface area contributed by atoms with Crippen LogP contribution in [-0.4, -0.2) is 32.2 Å². The maximum atomic E-state index is 11.5. The Morgan fingerprint density at radius 3 is 3.00 bits per heavy atom. The van der Waals surface area contributed by atoms with Gasteiger partial charge in [-0.1, -0.05) is 6.07 Å². The molecule has 1 fully saturated rings. The molecule has 4 nitrogen and oxygen atoms in total. The molecule has 1 atom stereocenters. The van der Waals surface area contributed by atoms with E-state index in [0.29, 0.717) is 12.5 Å². The Balaban J connectivity index is 1.97. The zero-order valence-corrected chi connectivity index (χ0v) is 11.5. The highest BCUT2D eigenvalue weighted by molar-refractivity contribution is 7.10. The Morgan fingerprint density at radius 2 is 2.39 bits per heavy atom. The average molecular weight is 268 g/mol. The van der Waals surface area contributed by atoms with Gasteiger partial charge in [0.05, 0.1) is 19.6 Å². The average Bonchev–Trinajstić information content (AvgIpc) is 2.93. The molecule has 0 amide bonds. The van der Waals surface area contributed by atoms with E-state index in [1.807, 2.05) is 11.4 Å². The minimum Gasteiger partial charge on any atom is -0.469 e. The van der Waals surface area contributed by atoms with E-state index >= 15 is 0 Å². The van der Waals surface area contributed by atoms with Gasteiger partial charge in [-0.2, -0.15) is 0 Å². The van der Waals surface area contributed by atoms with Crippen molar-refractivity contribution in [2.75, 3.05) is 20.2 Å². The first kappa shape index (κ1) is 13.5. The number of rotatable bonds is 5. The van der Waals surface area contributed by atoms with Gasteiger partial charge < -0.3 is 15.4 Å². The summed E-state index contributed by atoms with van der Waals surface area (Å²) in [4.78, 5) is 12.7. The number of hydrogen-bond acceptors (Lipinski definition) is 5. The van der Waals surface area contributed by atoms with Crippen molar-refractivity contribution < 1.29 is 9.53 Å². The lowest BCUT2D eigenvalue weighted by Crippen LogP contribution is -2.42. The van der Waals surface area contributed by atoms with Gasteiger partial charge in [-0.05, 0) is 37.4 Å². The number of piperidine rings is 1. The Morgan fingerprint density at radius 1 is 1.61 bits per heavy atom. The molecule has 0 spiro atoms. The van der Waals surface area contributed by atoms with Gasteiger partial charge in [-0.25, -0.2) is 0 Å². The molecular weight excluding hydrogens is 248 g/mol. The minimum atomic E-state index is -0.158. The molecule has 2 N–H and O–H groups in total. The van der Waals surface area contributed by atoms with Crippen LogP contribution in [0, 0.1) is 0 Å². The van der Waals surface area contributed by atoms with Crippen LogP contribution in [0.4, 0.5) is 0 Å². The summed E-state index contributed by atoms with van der Waals surface area (Å²) in [6, 6.07) is 4.67. The number of esters is 1. The number of hydrogen-bond donors (Lipinski definition) is 2. The topological polar surface area (TPSA) is 50.4 Å². The number of methoxy groups -OCH3 is 1. The summed E-state index contributed by atoms with van der Waals surface area (Å²) in [5, 5.41) is 8.98. The normalized spacial score (nSPS) is 18.5. The highest BCUT2D eigenvalue weighted by Crippen LogP contribution is 2.24. The summed E-state index contributed by atoms with van der Waals surface area (Å²) in [6.07, 6.45) is 2.63. The van der Waals surface area contributed by atoms with Gasteiger partial charge in [0, 0.05) is 10.9 Å².